The van der Waals surface area contributed by atoms with Gasteiger partial charge in [0.25, 0.3) is 0 Å². The zero-order valence-corrected chi connectivity index (χ0v) is 17.6. The van der Waals surface area contributed by atoms with Gasteiger partial charge in [-0.15, -0.1) is 24.8 Å². The number of benzene rings is 2. The first kappa shape index (κ1) is 23.1. The van der Waals surface area contributed by atoms with Gasteiger partial charge in [-0.25, -0.2) is 4.98 Å². The van der Waals surface area contributed by atoms with Gasteiger partial charge in [0.2, 0.25) is 5.91 Å². The molecule has 2 heterocycles. The molecule has 4 rings (SSSR count). The Hall–Kier alpha value is -2.18. The van der Waals surface area contributed by atoms with Crippen molar-refractivity contribution < 1.29 is 9.53 Å². The molecule has 2 aromatic carbocycles. The number of amides is 1. The lowest BCUT2D eigenvalue weighted by atomic mass is 9.79. The van der Waals surface area contributed by atoms with Crippen LogP contribution in [0.2, 0.25) is 0 Å². The fraction of sp³-hybridized carbons (Fsp3) is 0.273. The van der Waals surface area contributed by atoms with Crippen LogP contribution in [-0.2, 0) is 9.53 Å². The van der Waals surface area contributed by atoms with Gasteiger partial charge in [0, 0.05) is 25.3 Å². The summed E-state index contributed by atoms with van der Waals surface area (Å²) in [5.74, 6) is 0.474. The number of nitrogens with zero attached hydrogens (tertiary/aromatic N) is 1. The Balaban J connectivity index is 0.00000150. The number of carbonyl (C=O) groups excluding carboxylic acids is 1. The highest BCUT2D eigenvalue weighted by Crippen LogP contribution is 2.31. The molecule has 1 amide bonds. The van der Waals surface area contributed by atoms with Crippen molar-refractivity contribution in [2.45, 2.75) is 12.8 Å². The minimum atomic E-state index is -0.571. The van der Waals surface area contributed by atoms with E-state index in [1.54, 1.807) is 0 Å². The van der Waals surface area contributed by atoms with Gasteiger partial charge >= 0.3 is 0 Å². The van der Waals surface area contributed by atoms with E-state index in [2.05, 4.69) is 40.6 Å². The lowest BCUT2D eigenvalue weighted by Gasteiger charge is -2.34. The zero-order valence-electron chi connectivity index (χ0n) is 16.0. The van der Waals surface area contributed by atoms with E-state index in [0.717, 1.165) is 16.6 Å². The van der Waals surface area contributed by atoms with Gasteiger partial charge in [-0.3, -0.25) is 4.79 Å². The Morgan fingerprint density at radius 3 is 2.45 bits per heavy atom. The molecule has 0 aliphatic carbocycles. The van der Waals surface area contributed by atoms with Crippen molar-refractivity contribution in [2.24, 2.45) is 11.1 Å². The number of anilines is 1. The molecule has 5 nitrogen and oxygen atoms in total. The largest absolute Gasteiger partial charge is 0.381 e. The summed E-state index contributed by atoms with van der Waals surface area (Å²) in [4.78, 5) is 17.5. The number of halogens is 2. The maximum atomic E-state index is 12.9. The SMILES string of the molecule is Cl.Cl.NCC1(C(=O)Nc2cccc(-c3ccc4ccccc4c3)n2)CCOCC1. The molecule has 7 heteroatoms. The number of aromatic nitrogens is 1. The summed E-state index contributed by atoms with van der Waals surface area (Å²) < 4.78 is 5.39. The first-order valence-corrected chi connectivity index (χ1v) is 9.26. The van der Waals surface area contributed by atoms with E-state index in [1.807, 2.05) is 30.3 Å². The van der Waals surface area contributed by atoms with Gasteiger partial charge in [-0.2, -0.15) is 0 Å². The van der Waals surface area contributed by atoms with Gasteiger partial charge in [-0.1, -0.05) is 42.5 Å². The molecule has 3 aromatic rings. The summed E-state index contributed by atoms with van der Waals surface area (Å²) >= 11 is 0. The molecule has 1 aromatic heterocycles. The Kier molecular flexibility index (Phi) is 7.99. The van der Waals surface area contributed by atoms with Crippen molar-refractivity contribution in [3.05, 3.63) is 60.7 Å². The summed E-state index contributed by atoms with van der Waals surface area (Å²) in [5, 5.41) is 5.32. The van der Waals surface area contributed by atoms with Crippen LogP contribution in [0.3, 0.4) is 0 Å². The average molecular weight is 434 g/mol. The van der Waals surface area contributed by atoms with E-state index in [9.17, 15) is 4.79 Å². The van der Waals surface area contributed by atoms with Crippen molar-refractivity contribution in [3.63, 3.8) is 0 Å². The van der Waals surface area contributed by atoms with Gasteiger partial charge < -0.3 is 15.8 Å². The van der Waals surface area contributed by atoms with Crippen molar-refractivity contribution >= 4 is 47.3 Å². The number of rotatable bonds is 4. The molecule has 1 aliphatic rings. The van der Waals surface area contributed by atoms with Crippen LogP contribution in [0.15, 0.2) is 60.7 Å². The van der Waals surface area contributed by atoms with Crippen LogP contribution in [-0.4, -0.2) is 30.6 Å². The maximum Gasteiger partial charge on any atom is 0.233 e. The third-order valence-corrected chi connectivity index (χ3v) is 5.36. The fourth-order valence-electron chi connectivity index (χ4n) is 3.55. The number of ether oxygens (including phenoxy) is 1. The predicted octanol–water partition coefficient (Wildman–Crippen LogP) is 4.44. The van der Waals surface area contributed by atoms with Gasteiger partial charge in [0.15, 0.2) is 0 Å². The van der Waals surface area contributed by atoms with Crippen LogP contribution in [0, 0.1) is 5.41 Å². The molecule has 0 saturated carbocycles. The predicted molar refractivity (Wildman–Crippen MR) is 122 cm³/mol. The Labute approximate surface area is 182 Å². The molecule has 3 N–H and O–H groups in total. The number of hydrogen-bond donors (Lipinski definition) is 2. The maximum absolute atomic E-state index is 12.9. The summed E-state index contributed by atoms with van der Waals surface area (Å²) in [6, 6.07) is 20.1. The zero-order chi connectivity index (χ0) is 18.7. The first-order chi connectivity index (χ1) is 13.2. The minimum Gasteiger partial charge on any atom is -0.381 e. The molecular formula is C22H25Cl2N3O2. The second-order valence-electron chi connectivity index (χ2n) is 7.02. The van der Waals surface area contributed by atoms with E-state index in [0.29, 0.717) is 38.4 Å². The topological polar surface area (TPSA) is 77.2 Å². The quantitative estimate of drug-likeness (QED) is 0.637. The van der Waals surface area contributed by atoms with Crippen molar-refractivity contribution in [3.8, 4) is 11.3 Å². The molecule has 29 heavy (non-hydrogen) atoms. The van der Waals surface area contributed by atoms with E-state index in [-0.39, 0.29) is 30.7 Å². The molecule has 1 fully saturated rings. The van der Waals surface area contributed by atoms with Crippen LogP contribution in [0.4, 0.5) is 5.82 Å². The molecular weight excluding hydrogens is 409 g/mol. The Bertz CT molecular complexity index is 975. The standard InChI is InChI=1S/C22H23N3O2.2ClH/c23-15-22(10-12-27-13-11-22)21(26)25-20-7-3-6-19(24-20)18-9-8-16-4-1-2-5-17(16)14-18;;/h1-9,14H,10-13,15,23H2,(H,24,25,26);2*1H. The summed E-state index contributed by atoms with van der Waals surface area (Å²) in [5.41, 5.74) is 7.20. The second-order valence-corrected chi connectivity index (χ2v) is 7.02. The van der Waals surface area contributed by atoms with Crippen LogP contribution >= 0.6 is 24.8 Å². The smallest absolute Gasteiger partial charge is 0.233 e. The van der Waals surface area contributed by atoms with Crippen molar-refractivity contribution in [1.82, 2.24) is 4.98 Å². The average Bonchev–Trinajstić information content (AvgIpc) is 2.74. The number of carbonyl (C=O) groups is 1. The van der Waals surface area contributed by atoms with E-state index < -0.39 is 5.41 Å². The summed E-state index contributed by atoms with van der Waals surface area (Å²) in [6.45, 7) is 1.44. The van der Waals surface area contributed by atoms with Crippen LogP contribution in [0.5, 0.6) is 0 Å². The number of nitrogens with two attached hydrogens (primary N) is 1. The number of fused-ring (bicyclic) bond motifs is 1. The van der Waals surface area contributed by atoms with Gasteiger partial charge in [-0.05, 0) is 41.8 Å². The van der Waals surface area contributed by atoms with Crippen LogP contribution in [0.25, 0.3) is 22.0 Å². The molecule has 0 bridgehead atoms. The molecule has 0 radical (unpaired) electrons. The van der Waals surface area contributed by atoms with Crippen LogP contribution < -0.4 is 11.1 Å². The molecule has 1 saturated heterocycles. The highest BCUT2D eigenvalue weighted by molar-refractivity contribution is 5.95. The summed E-state index contributed by atoms with van der Waals surface area (Å²) in [7, 11) is 0. The Morgan fingerprint density at radius 1 is 1.00 bits per heavy atom. The molecule has 0 spiro atoms. The molecule has 0 unspecified atom stereocenters. The van der Waals surface area contributed by atoms with Gasteiger partial charge in [0.05, 0.1) is 11.1 Å². The number of nitrogens with one attached hydrogen (secondary N) is 1. The van der Waals surface area contributed by atoms with E-state index >= 15 is 0 Å². The lowest BCUT2D eigenvalue weighted by Crippen LogP contribution is -2.46. The normalized spacial score (nSPS) is 15.1. The van der Waals surface area contributed by atoms with E-state index in [1.165, 1.54) is 5.39 Å². The highest BCUT2D eigenvalue weighted by atomic mass is 35.5. The van der Waals surface area contributed by atoms with Gasteiger partial charge in [0.1, 0.15) is 5.82 Å². The van der Waals surface area contributed by atoms with E-state index in [4.69, 9.17) is 10.5 Å². The summed E-state index contributed by atoms with van der Waals surface area (Å²) in [6.07, 6.45) is 1.28. The molecule has 1 aliphatic heterocycles. The number of pyridine rings is 1. The third kappa shape index (κ3) is 4.87. The van der Waals surface area contributed by atoms with Crippen molar-refractivity contribution in [2.75, 3.05) is 25.1 Å². The molecule has 154 valence electrons. The molecule has 0 atom stereocenters. The van der Waals surface area contributed by atoms with Crippen molar-refractivity contribution in [1.29, 1.82) is 0 Å². The fourth-order valence-corrected chi connectivity index (χ4v) is 3.55. The third-order valence-electron chi connectivity index (χ3n) is 5.36. The lowest BCUT2D eigenvalue weighted by molar-refractivity contribution is -0.130. The first-order valence-electron chi connectivity index (χ1n) is 9.26. The monoisotopic (exact) mass is 433 g/mol. The van der Waals surface area contributed by atoms with Crippen LogP contribution in [0.1, 0.15) is 12.8 Å². The highest BCUT2D eigenvalue weighted by Gasteiger charge is 2.38. The second kappa shape index (κ2) is 10.0. The number of hydrogen-bond acceptors (Lipinski definition) is 4. The Morgan fingerprint density at radius 2 is 1.72 bits per heavy atom. The minimum absolute atomic E-state index is 0.